The minimum Gasteiger partial charge on any atom is -0.315 e. The Kier molecular flexibility index (Phi) is 2.64. The average molecular weight is 222 g/mol. The van der Waals surface area contributed by atoms with E-state index in [0.29, 0.717) is 12.2 Å². The first-order chi connectivity index (χ1) is 7.72. The number of hydrogen-bond donors (Lipinski definition) is 3. The molecule has 0 aliphatic rings. The van der Waals surface area contributed by atoms with Gasteiger partial charge in [0.05, 0.1) is 12.7 Å². The third kappa shape index (κ3) is 1.77. The van der Waals surface area contributed by atoms with Crippen molar-refractivity contribution in [2.75, 3.05) is 0 Å². The largest absolute Gasteiger partial charge is 0.315 e. The highest BCUT2D eigenvalue weighted by atomic mass is 16.2. The predicted octanol–water partition coefficient (Wildman–Crippen LogP) is -1.50. The zero-order chi connectivity index (χ0) is 11.5. The van der Waals surface area contributed by atoms with E-state index in [0.717, 1.165) is 0 Å². The Morgan fingerprint density at radius 1 is 1.56 bits per heavy atom. The van der Waals surface area contributed by atoms with Crippen molar-refractivity contribution in [2.45, 2.75) is 13.0 Å². The number of fused-ring (bicyclic) bond motifs is 1. The van der Waals surface area contributed by atoms with Gasteiger partial charge >= 0.3 is 0 Å². The molecule has 2 aromatic heterocycles. The minimum atomic E-state index is -0.299. The van der Waals surface area contributed by atoms with Gasteiger partial charge in [-0.3, -0.25) is 15.0 Å². The molecule has 4 N–H and O–H groups in total. The topological polar surface area (TPSA) is 119 Å². The Morgan fingerprint density at radius 3 is 3.12 bits per heavy atom. The van der Waals surface area contributed by atoms with Crippen LogP contribution in [0.2, 0.25) is 0 Å². The number of nitrogens with zero attached hydrogens (tertiary/aromatic N) is 3. The van der Waals surface area contributed by atoms with Crippen LogP contribution < -0.4 is 16.8 Å². The molecule has 0 radical (unpaired) electrons. The van der Waals surface area contributed by atoms with Gasteiger partial charge in [-0.1, -0.05) is 0 Å². The lowest BCUT2D eigenvalue weighted by molar-refractivity contribution is -0.121. The highest BCUT2D eigenvalue weighted by molar-refractivity contribution is 5.75. The van der Waals surface area contributed by atoms with Gasteiger partial charge in [0.2, 0.25) is 5.91 Å². The van der Waals surface area contributed by atoms with Crippen LogP contribution in [0.25, 0.3) is 11.2 Å². The first-order valence-corrected chi connectivity index (χ1v) is 4.60. The molecule has 0 aliphatic heterocycles. The Labute approximate surface area is 89.5 Å². The number of hydrogen-bond acceptors (Lipinski definition) is 5. The monoisotopic (exact) mass is 222 g/mol. The lowest BCUT2D eigenvalue weighted by Gasteiger charge is -2.01. The molecule has 0 atom stereocenters. The summed E-state index contributed by atoms with van der Waals surface area (Å²) < 4.78 is 1.62. The van der Waals surface area contributed by atoms with Crippen LogP contribution in [-0.4, -0.2) is 25.4 Å². The molecule has 2 heterocycles. The van der Waals surface area contributed by atoms with E-state index in [1.165, 1.54) is 12.7 Å². The number of amides is 1. The van der Waals surface area contributed by atoms with E-state index in [4.69, 9.17) is 5.84 Å². The number of rotatable bonds is 3. The van der Waals surface area contributed by atoms with Crippen LogP contribution in [-0.2, 0) is 11.3 Å². The number of aromatic nitrogens is 4. The van der Waals surface area contributed by atoms with Gasteiger partial charge in [-0.05, 0) is 0 Å². The molecule has 8 heteroatoms. The number of carbonyl (C=O) groups excluding carboxylic acids is 1. The fourth-order valence-electron chi connectivity index (χ4n) is 1.35. The fourth-order valence-corrected chi connectivity index (χ4v) is 1.35. The molecule has 2 rings (SSSR count). The summed E-state index contributed by atoms with van der Waals surface area (Å²) in [6.45, 7) is 0.371. The second-order valence-electron chi connectivity index (χ2n) is 3.16. The first-order valence-electron chi connectivity index (χ1n) is 4.60. The molecule has 0 unspecified atom stereocenters. The van der Waals surface area contributed by atoms with Crippen LogP contribution in [0, 0.1) is 0 Å². The highest BCUT2D eigenvalue weighted by Crippen LogP contribution is 2.04. The van der Waals surface area contributed by atoms with E-state index in [9.17, 15) is 9.59 Å². The molecule has 0 saturated heterocycles. The van der Waals surface area contributed by atoms with Crippen LogP contribution in [0.1, 0.15) is 6.42 Å². The van der Waals surface area contributed by atoms with Crippen molar-refractivity contribution in [3.05, 3.63) is 23.0 Å². The number of aryl methyl sites for hydroxylation is 1. The van der Waals surface area contributed by atoms with Crippen molar-refractivity contribution in [2.24, 2.45) is 5.84 Å². The van der Waals surface area contributed by atoms with Crippen LogP contribution >= 0.6 is 0 Å². The quantitative estimate of drug-likeness (QED) is 0.332. The van der Waals surface area contributed by atoms with Crippen molar-refractivity contribution in [1.82, 2.24) is 24.9 Å². The van der Waals surface area contributed by atoms with Crippen molar-refractivity contribution in [3.63, 3.8) is 0 Å². The molecular formula is C8H10N6O2. The third-order valence-corrected chi connectivity index (χ3v) is 2.15. The summed E-state index contributed by atoms with van der Waals surface area (Å²) in [5, 5.41) is 0. The molecule has 84 valence electrons. The Balaban J connectivity index is 2.29. The molecule has 1 amide bonds. The minimum absolute atomic E-state index is 0.205. The van der Waals surface area contributed by atoms with Crippen LogP contribution in [0.5, 0.6) is 0 Å². The van der Waals surface area contributed by atoms with Gasteiger partial charge in [0, 0.05) is 13.0 Å². The summed E-state index contributed by atoms with van der Waals surface area (Å²) in [6.07, 6.45) is 2.97. The van der Waals surface area contributed by atoms with Crippen LogP contribution in [0.3, 0.4) is 0 Å². The summed E-state index contributed by atoms with van der Waals surface area (Å²) in [7, 11) is 0. The standard InChI is InChI=1S/C8H10N6O2/c9-13-5(15)1-2-14-4-12-6-7(14)10-3-11-8(6)16/h3-4H,1-2,9H2,(H,13,15)(H,10,11,16). The second-order valence-corrected chi connectivity index (χ2v) is 3.16. The Bertz CT molecular complexity index is 571. The zero-order valence-corrected chi connectivity index (χ0v) is 8.30. The summed E-state index contributed by atoms with van der Waals surface area (Å²) in [4.78, 5) is 32.6. The maximum Gasteiger partial charge on any atom is 0.278 e. The van der Waals surface area contributed by atoms with Gasteiger partial charge in [0.15, 0.2) is 11.2 Å². The average Bonchev–Trinajstić information content (AvgIpc) is 2.70. The number of nitrogens with two attached hydrogens (primary N) is 1. The van der Waals surface area contributed by atoms with Gasteiger partial charge in [0.25, 0.3) is 5.56 Å². The van der Waals surface area contributed by atoms with Gasteiger partial charge in [-0.15, -0.1) is 0 Å². The van der Waals surface area contributed by atoms with Crippen molar-refractivity contribution in [3.8, 4) is 0 Å². The van der Waals surface area contributed by atoms with E-state index in [2.05, 4.69) is 15.0 Å². The first kappa shape index (κ1) is 10.3. The van der Waals surface area contributed by atoms with Gasteiger partial charge in [-0.25, -0.2) is 15.8 Å². The van der Waals surface area contributed by atoms with Crippen LogP contribution in [0.4, 0.5) is 0 Å². The smallest absolute Gasteiger partial charge is 0.278 e. The molecule has 0 fully saturated rings. The molecule has 2 aromatic rings. The molecule has 0 bridgehead atoms. The number of hydrazine groups is 1. The number of aromatic amines is 1. The molecule has 0 saturated carbocycles. The maximum atomic E-state index is 11.3. The Hall–Kier alpha value is -2.22. The molecule has 0 spiro atoms. The number of imidazole rings is 1. The van der Waals surface area contributed by atoms with Gasteiger partial charge < -0.3 is 9.55 Å². The Morgan fingerprint density at radius 2 is 2.38 bits per heavy atom. The third-order valence-electron chi connectivity index (χ3n) is 2.15. The number of carbonyl (C=O) groups is 1. The molecule has 8 nitrogen and oxygen atoms in total. The summed E-state index contributed by atoms with van der Waals surface area (Å²) >= 11 is 0. The number of H-pyrrole nitrogens is 1. The lowest BCUT2D eigenvalue weighted by Crippen LogP contribution is -2.30. The molecule has 0 aromatic carbocycles. The van der Waals surface area contributed by atoms with E-state index in [1.807, 2.05) is 5.43 Å². The van der Waals surface area contributed by atoms with Crippen molar-refractivity contribution >= 4 is 17.1 Å². The van der Waals surface area contributed by atoms with E-state index < -0.39 is 0 Å². The second kappa shape index (κ2) is 4.11. The summed E-state index contributed by atoms with van der Waals surface area (Å²) in [5.74, 6) is 4.67. The summed E-state index contributed by atoms with van der Waals surface area (Å²) in [6, 6.07) is 0. The highest BCUT2D eigenvalue weighted by Gasteiger charge is 2.07. The predicted molar refractivity (Wildman–Crippen MR) is 55.1 cm³/mol. The number of nitrogens with one attached hydrogen (secondary N) is 2. The van der Waals surface area contributed by atoms with Gasteiger partial charge in [0.1, 0.15) is 0 Å². The molecule has 16 heavy (non-hydrogen) atoms. The maximum absolute atomic E-state index is 11.3. The van der Waals surface area contributed by atoms with E-state index >= 15 is 0 Å². The normalized spacial score (nSPS) is 10.6. The molecular weight excluding hydrogens is 212 g/mol. The lowest BCUT2D eigenvalue weighted by atomic mass is 10.4. The molecule has 0 aliphatic carbocycles. The fraction of sp³-hybridized carbons (Fsp3) is 0.250. The van der Waals surface area contributed by atoms with Crippen LogP contribution in [0.15, 0.2) is 17.4 Å². The van der Waals surface area contributed by atoms with Gasteiger partial charge in [-0.2, -0.15) is 0 Å². The summed E-state index contributed by atoms with van der Waals surface area (Å²) in [5.41, 5.74) is 2.44. The zero-order valence-electron chi connectivity index (χ0n) is 8.30. The van der Waals surface area contributed by atoms with Crippen molar-refractivity contribution in [1.29, 1.82) is 0 Å². The van der Waals surface area contributed by atoms with Crippen molar-refractivity contribution < 1.29 is 4.79 Å². The van der Waals surface area contributed by atoms with E-state index in [-0.39, 0.29) is 23.4 Å². The SMILES string of the molecule is NNC(=O)CCn1cnc2c(=O)[nH]cnc21. The van der Waals surface area contributed by atoms with E-state index in [1.54, 1.807) is 4.57 Å².